The van der Waals surface area contributed by atoms with Crippen molar-refractivity contribution in [1.29, 1.82) is 5.26 Å². The Balaban J connectivity index is 2.16. The quantitative estimate of drug-likeness (QED) is 0.473. The van der Waals surface area contributed by atoms with E-state index in [0.717, 1.165) is 0 Å². The molecule has 0 saturated carbocycles. The molecule has 28 heavy (non-hydrogen) atoms. The summed E-state index contributed by atoms with van der Waals surface area (Å²) in [6.45, 7) is 0. The molecule has 0 atom stereocenters. The molecule has 0 aliphatic carbocycles. The van der Waals surface area contributed by atoms with E-state index >= 15 is 0 Å². The number of carbonyl (C=O) groups is 1. The van der Waals surface area contributed by atoms with Crippen molar-refractivity contribution in [2.75, 3.05) is 24.9 Å². The van der Waals surface area contributed by atoms with Crippen molar-refractivity contribution in [3.8, 4) is 17.6 Å². The van der Waals surface area contributed by atoms with Gasteiger partial charge >= 0.3 is 0 Å². The fourth-order valence-corrected chi connectivity index (χ4v) is 2.67. The second-order valence-electron chi connectivity index (χ2n) is 5.40. The average Bonchev–Trinajstić information content (AvgIpc) is 2.68. The molecule has 9 nitrogen and oxygen atoms in total. The summed E-state index contributed by atoms with van der Waals surface area (Å²) < 4.78 is 32.9. The molecule has 146 valence electrons. The molecule has 0 aromatic heterocycles. The lowest BCUT2D eigenvalue weighted by Gasteiger charge is -2.10. The zero-order chi connectivity index (χ0) is 20.7. The summed E-state index contributed by atoms with van der Waals surface area (Å²) in [6.07, 6.45) is 1.23. The van der Waals surface area contributed by atoms with E-state index in [2.05, 4.69) is 10.6 Å². The van der Waals surface area contributed by atoms with Crippen LogP contribution in [0.4, 0.5) is 11.4 Å². The first-order valence-corrected chi connectivity index (χ1v) is 9.36. The van der Waals surface area contributed by atoms with Gasteiger partial charge in [-0.05, 0) is 36.4 Å². The van der Waals surface area contributed by atoms with Crippen LogP contribution in [0.1, 0.15) is 0 Å². The number of ether oxygens (including phenoxy) is 2. The summed E-state index contributed by atoms with van der Waals surface area (Å²) in [7, 11) is -0.833. The minimum atomic E-state index is -3.83. The Kier molecular flexibility index (Phi) is 6.59. The van der Waals surface area contributed by atoms with E-state index in [1.54, 1.807) is 24.3 Å². The number of nitriles is 1. The normalized spacial score (nSPS) is 11.3. The standard InChI is InChI=1S/C18H18N4O5S/c1-26-14-5-8-17(27-2)16(9-14)21-11-12(10-19)18(23)22-13-3-6-15(7-4-13)28(20,24)25/h3-9,11,21H,1-2H3,(H,22,23)(H2,20,24,25)/b12-11-. The van der Waals surface area contributed by atoms with E-state index < -0.39 is 15.9 Å². The van der Waals surface area contributed by atoms with E-state index in [9.17, 15) is 18.5 Å². The highest BCUT2D eigenvalue weighted by Gasteiger charge is 2.12. The zero-order valence-electron chi connectivity index (χ0n) is 15.1. The lowest BCUT2D eigenvalue weighted by molar-refractivity contribution is -0.112. The van der Waals surface area contributed by atoms with Crippen molar-refractivity contribution < 1.29 is 22.7 Å². The van der Waals surface area contributed by atoms with Gasteiger partial charge in [-0.3, -0.25) is 4.79 Å². The van der Waals surface area contributed by atoms with E-state index in [4.69, 9.17) is 14.6 Å². The second-order valence-corrected chi connectivity index (χ2v) is 6.97. The molecule has 0 fully saturated rings. The smallest absolute Gasteiger partial charge is 0.267 e. The van der Waals surface area contributed by atoms with Gasteiger partial charge in [-0.15, -0.1) is 0 Å². The number of hydrogen-bond donors (Lipinski definition) is 3. The van der Waals surface area contributed by atoms with Crippen LogP contribution in [0.2, 0.25) is 0 Å². The number of methoxy groups -OCH3 is 2. The van der Waals surface area contributed by atoms with Crippen LogP contribution < -0.4 is 25.2 Å². The number of nitrogens with two attached hydrogens (primary N) is 1. The average molecular weight is 402 g/mol. The minimum absolute atomic E-state index is 0.0895. The van der Waals surface area contributed by atoms with Gasteiger partial charge in [0.1, 0.15) is 23.1 Å². The maximum Gasteiger partial charge on any atom is 0.267 e. The maximum absolute atomic E-state index is 12.3. The van der Waals surface area contributed by atoms with E-state index in [1.165, 1.54) is 44.7 Å². The number of hydrogen-bond acceptors (Lipinski definition) is 7. The third-order valence-corrected chi connectivity index (χ3v) is 4.51. The Morgan fingerprint density at radius 3 is 2.36 bits per heavy atom. The molecule has 0 heterocycles. The number of sulfonamides is 1. The molecule has 10 heteroatoms. The third-order valence-electron chi connectivity index (χ3n) is 3.58. The third kappa shape index (κ3) is 5.23. The fraction of sp³-hybridized carbons (Fsp3) is 0.111. The Labute approximate surface area is 162 Å². The predicted molar refractivity (Wildman–Crippen MR) is 103 cm³/mol. The summed E-state index contributed by atoms with van der Waals surface area (Å²) >= 11 is 0. The largest absolute Gasteiger partial charge is 0.497 e. The Bertz CT molecular complexity index is 1040. The first-order chi connectivity index (χ1) is 13.3. The van der Waals surface area contributed by atoms with Crippen molar-refractivity contribution in [1.82, 2.24) is 0 Å². The topological polar surface area (TPSA) is 144 Å². The van der Waals surface area contributed by atoms with Crippen LogP contribution in [0.25, 0.3) is 0 Å². The van der Waals surface area contributed by atoms with Gasteiger partial charge < -0.3 is 20.1 Å². The first-order valence-electron chi connectivity index (χ1n) is 7.81. The molecular weight excluding hydrogens is 384 g/mol. The highest BCUT2D eigenvalue weighted by molar-refractivity contribution is 7.89. The molecule has 2 rings (SSSR count). The van der Waals surface area contributed by atoms with Crippen molar-refractivity contribution in [2.24, 2.45) is 5.14 Å². The molecule has 0 saturated heterocycles. The predicted octanol–water partition coefficient (Wildman–Crippen LogP) is 1.81. The van der Waals surface area contributed by atoms with Gasteiger partial charge in [0.2, 0.25) is 10.0 Å². The number of nitrogens with zero attached hydrogens (tertiary/aromatic N) is 1. The number of carbonyl (C=O) groups excluding carboxylic acids is 1. The highest BCUT2D eigenvalue weighted by atomic mass is 32.2. The van der Waals surface area contributed by atoms with Crippen molar-refractivity contribution in [3.05, 3.63) is 54.2 Å². The van der Waals surface area contributed by atoms with Crippen LogP contribution >= 0.6 is 0 Å². The van der Waals surface area contributed by atoms with Gasteiger partial charge in [0, 0.05) is 18.0 Å². The van der Waals surface area contributed by atoms with Crippen LogP contribution in [0.3, 0.4) is 0 Å². The van der Waals surface area contributed by atoms with Gasteiger partial charge in [-0.2, -0.15) is 5.26 Å². The van der Waals surface area contributed by atoms with Crippen LogP contribution in [-0.2, 0) is 14.8 Å². The summed E-state index contributed by atoms with van der Waals surface area (Å²) in [5, 5.41) is 19.6. The number of rotatable bonds is 7. The Morgan fingerprint density at radius 1 is 1.14 bits per heavy atom. The van der Waals surface area contributed by atoms with Crippen molar-refractivity contribution in [3.63, 3.8) is 0 Å². The van der Waals surface area contributed by atoms with Crippen molar-refractivity contribution in [2.45, 2.75) is 4.90 Å². The lowest BCUT2D eigenvalue weighted by atomic mass is 10.2. The van der Waals surface area contributed by atoms with E-state index in [-0.39, 0.29) is 10.5 Å². The SMILES string of the molecule is COc1ccc(OC)c(N/C=C(/C#N)C(=O)Nc2ccc(S(N)(=O)=O)cc2)c1. The molecule has 2 aromatic carbocycles. The van der Waals surface area contributed by atoms with Gasteiger partial charge in [-0.25, -0.2) is 13.6 Å². The number of amides is 1. The molecule has 2 aromatic rings. The van der Waals surface area contributed by atoms with Crippen LogP contribution in [0.5, 0.6) is 11.5 Å². The molecule has 0 radical (unpaired) electrons. The lowest BCUT2D eigenvalue weighted by Crippen LogP contribution is -2.15. The van der Waals surface area contributed by atoms with Gasteiger partial charge in [0.05, 0.1) is 24.8 Å². The summed E-state index contributed by atoms with van der Waals surface area (Å²) in [4.78, 5) is 12.2. The Morgan fingerprint density at radius 2 is 1.82 bits per heavy atom. The molecule has 0 bridgehead atoms. The van der Waals surface area contributed by atoms with Crippen LogP contribution in [-0.4, -0.2) is 28.5 Å². The summed E-state index contributed by atoms with van der Waals surface area (Å²) in [6, 6.07) is 12.1. The summed E-state index contributed by atoms with van der Waals surface area (Å²) in [5.41, 5.74) is 0.595. The second kappa shape index (κ2) is 8.90. The maximum atomic E-state index is 12.3. The first kappa shape index (κ1) is 20.8. The van der Waals surface area contributed by atoms with Gasteiger partial charge in [-0.1, -0.05) is 0 Å². The van der Waals surface area contributed by atoms with Crippen molar-refractivity contribution >= 4 is 27.3 Å². The molecule has 1 amide bonds. The van der Waals surface area contributed by atoms with Crippen LogP contribution in [0, 0.1) is 11.3 Å². The molecular formula is C18H18N4O5S. The van der Waals surface area contributed by atoms with Gasteiger partial charge in [0.25, 0.3) is 5.91 Å². The molecule has 4 N–H and O–H groups in total. The zero-order valence-corrected chi connectivity index (χ0v) is 15.9. The molecule has 0 aliphatic rings. The fourth-order valence-electron chi connectivity index (χ4n) is 2.15. The van der Waals surface area contributed by atoms with Gasteiger partial charge in [0.15, 0.2) is 0 Å². The van der Waals surface area contributed by atoms with Crippen LogP contribution in [0.15, 0.2) is 59.1 Å². The molecule has 0 aliphatic heterocycles. The summed E-state index contributed by atoms with van der Waals surface area (Å²) in [5.74, 6) is 0.378. The number of anilines is 2. The van der Waals surface area contributed by atoms with E-state index in [0.29, 0.717) is 22.9 Å². The number of nitrogens with one attached hydrogen (secondary N) is 2. The Hall–Kier alpha value is -3.55. The van der Waals surface area contributed by atoms with E-state index in [1.807, 2.05) is 0 Å². The molecule has 0 unspecified atom stereocenters. The number of primary sulfonamides is 1. The number of benzene rings is 2. The monoisotopic (exact) mass is 402 g/mol. The molecule has 0 spiro atoms. The highest BCUT2D eigenvalue weighted by Crippen LogP contribution is 2.29. The minimum Gasteiger partial charge on any atom is -0.497 e.